The molecule has 2 atom stereocenters. The molecule has 1 aliphatic carbocycles. The SMILES string of the molecule is NC1=N[C@]2(c3cccc(NC(=O)c4ccc(Cl)cn4)c3)C[C@H]2CCS1. The number of carbonyl (C=O) groups excluding carboxylic acids is 1. The molecule has 1 amide bonds. The summed E-state index contributed by atoms with van der Waals surface area (Å²) in [6, 6.07) is 11.1. The Kier molecular flexibility index (Phi) is 4.17. The number of aliphatic imine (C=N–C) groups is 1. The number of fused-ring (bicyclic) bond motifs is 1. The third kappa shape index (κ3) is 3.24. The Balaban J connectivity index is 1.57. The Morgan fingerprint density at radius 3 is 3.04 bits per heavy atom. The Morgan fingerprint density at radius 1 is 1.36 bits per heavy atom. The van der Waals surface area contributed by atoms with Gasteiger partial charge in [-0.3, -0.25) is 9.79 Å². The van der Waals surface area contributed by atoms with E-state index in [9.17, 15) is 4.79 Å². The lowest BCUT2D eigenvalue weighted by Gasteiger charge is -2.14. The molecule has 0 saturated heterocycles. The van der Waals surface area contributed by atoms with Crippen molar-refractivity contribution in [2.24, 2.45) is 16.6 Å². The maximum atomic E-state index is 12.3. The number of halogens is 1. The molecule has 25 heavy (non-hydrogen) atoms. The number of nitrogens with zero attached hydrogens (tertiary/aromatic N) is 2. The zero-order valence-electron chi connectivity index (χ0n) is 13.4. The number of benzene rings is 1. The third-order valence-corrected chi connectivity index (χ3v) is 5.73. The molecule has 2 heterocycles. The van der Waals surface area contributed by atoms with Crippen LogP contribution in [0.3, 0.4) is 0 Å². The van der Waals surface area contributed by atoms with Gasteiger partial charge in [-0.15, -0.1) is 0 Å². The number of amides is 1. The minimum atomic E-state index is -0.266. The van der Waals surface area contributed by atoms with Crippen LogP contribution in [0.5, 0.6) is 0 Å². The topological polar surface area (TPSA) is 80.4 Å². The first-order valence-corrected chi connectivity index (χ1v) is 9.45. The van der Waals surface area contributed by atoms with E-state index in [1.165, 1.54) is 6.20 Å². The van der Waals surface area contributed by atoms with Gasteiger partial charge in [0.15, 0.2) is 5.17 Å². The van der Waals surface area contributed by atoms with E-state index >= 15 is 0 Å². The van der Waals surface area contributed by atoms with Crippen molar-refractivity contribution in [3.63, 3.8) is 0 Å². The summed E-state index contributed by atoms with van der Waals surface area (Å²) >= 11 is 7.43. The number of carbonyl (C=O) groups is 1. The molecular weight excluding hydrogens is 356 g/mol. The van der Waals surface area contributed by atoms with E-state index in [0.29, 0.717) is 21.8 Å². The Hall–Kier alpha value is -2.05. The molecule has 7 heteroatoms. The molecule has 1 fully saturated rings. The molecule has 3 N–H and O–H groups in total. The molecule has 0 unspecified atom stereocenters. The van der Waals surface area contributed by atoms with Gasteiger partial charge in [0.1, 0.15) is 5.69 Å². The van der Waals surface area contributed by atoms with Crippen LogP contribution in [0.2, 0.25) is 5.02 Å². The van der Waals surface area contributed by atoms with E-state index in [1.54, 1.807) is 23.9 Å². The molecule has 1 aromatic heterocycles. The van der Waals surface area contributed by atoms with Crippen molar-refractivity contribution in [1.29, 1.82) is 0 Å². The number of anilines is 1. The summed E-state index contributed by atoms with van der Waals surface area (Å²) in [4.78, 5) is 21.1. The van der Waals surface area contributed by atoms with Crippen LogP contribution in [0.15, 0.2) is 47.6 Å². The molecule has 2 aromatic rings. The third-order valence-electron chi connectivity index (χ3n) is 4.68. The molecule has 1 saturated carbocycles. The lowest BCUT2D eigenvalue weighted by atomic mass is 10.0. The van der Waals surface area contributed by atoms with E-state index in [4.69, 9.17) is 22.3 Å². The second-order valence-corrected chi connectivity index (χ2v) is 7.86. The monoisotopic (exact) mass is 372 g/mol. The summed E-state index contributed by atoms with van der Waals surface area (Å²) in [5.74, 6) is 1.28. The Bertz CT molecular complexity index is 854. The number of hydrogen-bond acceptors (Lipinski definition) is 5. The van der Waals surface area contributed by atoms with Crippen molar-refractivity contribution in [3.8, 4) is 0 Å². The first-order chi connectivity index (χ1) is 12.1. The highest BCUT2D eigenvalue weighted by Crippen LogP contribution is 2.59. The number of thioether (sulfide) groups is 1. The van der Waals surface area contributed by atoms with Gasteiger partial charge in [0.05, 0.1) is 10.6 Å². The molecule has 1 aliphatic heterocycles. The average Bonchev–Trinajstić information content (AvgIpc) is 3.30. The number of nitrogens with two attached hydrogens (primary N) is 1. The molecule has 1 aromatic carbocycles. The minimum absolute atomic E-state index is 0.215. The number of aromatic nitrogens is 1. The fourth-order valence-electron chi connectivity index (χ4n) is 3.32. The summed E-state index contributed by atoms with van der Waals surface area (Å²) in [5, 5.41) is 4.04. The van der Waals surface area contributed by atoms with Gasteiger partial charge in [-0.05, 0) is 48.6 Å². The van der Waals surface area contributed by atoms with Crippen molar-refractivity contribution in [3.05, 3.63) is 58.9 Å². The number of nitrogens with one attached hydrogen (secondary N) is 1. The zero-order chi connectivity index (χ0) is 17.4. The molecular formula is C18H17ClN4OS. The van der Waals surface area contributed by atoms with Gasteiger partial charge in [0, 0.05) is 17.6 Å². The van der Waals surface area contributed by atoms with Crippen LogP contribution < -0.4 is 11.1 Å². The number of pyridine rings is 1. The van der Waals surface area contributed by atoms with Gasteiger partial charge in [0.25, 0.3) is 5.91 Å². The standard InChI is InChI=1S/C18H17ClN4OS/c19-13-4-5-15(21-10-13)16(24)22-14-3-1-2-11(8-14)18-9-12(18)6-7-25-17(20)23-18/h1-5,8,10,12H,6-7,9H2,(H2,20,23)(H,22,24)/t12-,18+/m1/s1. The fraction of sp³-hybridized carbons (Fsp3) is 0.278. The van der Waals surface area contributed by atoms with Crippen LogP contribution in [-0.4, -0.2) is 21.8 Å². The highest BCUT2D eigenvalue weighted by Gasteiger charge is 2.56. The Morgan fingerprint density at radius 2 is 2.24 bits per heavy atom. The van der Waals surface area contributed by atoms with E-state index in [2.05, 4.69) is 16.4 Å². The van der Waals surface area contributed by atoms with Crippen molar-refractivity contribution in [2.75, 3.05) is 11.1 Å². The van der Waals surface area contributed by atoms with E-state index < -0.39 is 0 Å². The molecule has 5 nitrogen and oxygen atoms in total. The predicted molar refractivity (Wildman–Crippen MR) is 102 cm³/mol. The van der Waals surface area contributed by atoms with Crippen molar-refractivity contribution < 1.29 is 4.79 Å². The smallest absolute Gasteiger partial charge is 0.274 e. The van der Waals surface area contributed by atoms with Crippen LogP contribution in [0, 0.1) is 5.92 Å². The number of hydrogen-bond donors (Lipinski definition) is 2. The largest absolute Gasteiger partial charge is 0.379 e. The van der Waals surface area contributed by atoms with Gasteiger partial charge in [-0.25, -0.2) is 4.98 Å². The summed E-state index contributed by atoms with van der Waals surface area (Å²) in [7, 11) is 0. The molecule has 0 spiro atoms. The second-order valence-electron chi connectivity index (χ2n) is 6.31. The van der Waals surface area contributed by atoms with Crippen LogP contribution in [0.25, 0.3) is 0 Å². The highest BCUT2D eigenvalue weighted by atomic mass is 35.5. The van der Waals surface area contributed by atoms with E-state index in [0.717, 1.165) is 29.8 Å². The number of amidine groups is 1. The quantitative estimate of drug-likeness (QED) is 0.861. The van der Waals surface area contributed by atoms with E-state index in [-0.39, 0.29) is 11.4 Å². The van der Waals surface area contributed by atoms with Crippen LogP contribution in [0.4, 0.5) is 5.69 Å². The van der Waals surface area contributed by atoms with Crippen molar-refractivity contribution in [2.45, 2.75) is 18.4 Å². The lowest BCUT2D eigenvalue weighted by Crippen LogP contribution is -2.15. The normalized spacial score (nSPS) is 24.7. The predicted octanol–water partition coefficient (Wildman–Crippen LogP) is 3.65. The van der Waals surface area contributed by atoms with Gasteiger partial charge in [0.2, 0.25) is 0 Å². The van der Waals surface area contributed by atoms with Crippen LogP contribution in [-0.2, 0) is 5.54 Å². The first kappa shape index (κ1) is 16.4. The van der Waals surface area contributed by atoms with Crippen molar-refractivity contribution in [1.82, 2.24) is 4.98 Å². The summed E-state index contributed by atoms with van der Waals surface area (Å²) in [5.41, 5.74) is 7.94. The average molecular weight is 373 g/mol. The first-order valence-electron chi connectivity index (χ1n) is 8.08. The minimum Gasteiger partial charge on any atom is -0.379 e. The maximum absolute atomic E-state index is 12.3. The lowest BCUT2D eigenvalue weighted by molar-refractivity contribution is 0.102. The van der Waals surface area contributed by atoms with Gasteiger partial charge in [-0.1, -0.05) is 35.5 Å². The Labute approximate surface area is 155 Å². The molecule has 0 radical (unpaired) electrons. The summed E-state index contributed by atoms with van der Waals surface area (Å²) in [6.45, 7) is 0. The van der Waals surface area contributed by atoms with Gasteiger partial charge < -0.3 is 11.1 Å². The van der Waals surface area contributed by atoms with Crippen molar-refractivity contribution >= 4 is 40.1 Å². The summed E-state index contributed by atoms with van der Waals surface area (Å²) < 4.78 is 0. The molecule has 0 bridgehead atoms. The molecule has 4 rings (SSSR count). The van der Waals surface area contributed by atoms with Gasteiger partial charge in [-0.2, -0.15) is 0 Å². The highest BCUT2D eigenvalue weighted by molar-refractivity contribution is 8.13. The molecule has 128 valence electrons. The fourth-order valence-corrected chi connectivity index (χ4v) is 4.27. The molecule has 2 aliphatic rings. The second kappa shape index (κ2) is 6.35. The maximum Gasteiger partial charge on any atom is 0.274 e. The zero-order valence-corrected chi connectivity index (χ0v) is 15.0. The van der Waals surface area contributed by atoms with Crippen LogP contribution >= 0.6 is 23.4 Å². The van der Waals surface area contributed by atoms with Gasteiger partial charge >= 0.3 is 0 Å². The van der Waals surface area contributed by atoms with E-state index in [1.807, 2.05) is 18.2 Å². The van der Waals surface area contributed by atoms with Crippen LogP contribution in [0.1, 0.15) is 28.9 Å². The summed E-state index contributed by atoms with van der Waals surface area (Å²) in [6.07, 6.45) is 3.59. The number of rotatable bonds is 3.